The summed E-state index contributed by atoms with van der Waals surface area (Å²) in [5.41, 5.74) is 1.14. The molecule has 1 fully saturated rings. The van der Waals surface area contributed by atoms with Crippen molar-refractivity contribution in [1.82, 2.24) is 10.2 Å². The zero-order chi connectivity index (χ0) is 16.7. The molecule has 1 heterocycles. The smallest absolute Gasteiger partial charge is 0.131 e. The zero-order valence-corrected chi connectivity index (χ0v) is 17.3. The van der Waals surface area contributed by atoms with Gasteiger partial charge in [0.1, 0.15) is 17.2 Å². The molecule has 1 aliphatic rings. The standard InChI is InChI=1S/C18H30N2O3.2ClH/c1-5-6-7-15(20-10-8-19-9-11-20)18-16(22-3)12-14(21-2)13-17(18)23-4;;/h12-13,15,19H,5-11H2,1-4H3;2*1H/t15-;;/m1../s1. The number of hydrogen-bond donors (Lipinski definition) is 1. The summed E-state index contributed by atoms with van der Waals surface area (Å²) in [5, 5.41) is 3.43. The molecule has 1 aliphatic heterocycles. The Morgan fingerprint density at radius 2 is 1.56 bits per heavy atom. The first-order valence-electron chi connectivity index (χ1n) is 8.49. The number of hydrogen-bond acceptors (Lipinski definition) is 5. The van der Waals surface area contributed by atoms with Crippen LogP contribution in [0.15, 0.2) is 12.1 Å². The molecular weight excluding hydrogens is 363 g/mol. The summed E-state index contributed by atoms with van der Waals surface area (Å²) in [5.74, 6) is 2.46. The van der Waals surface area contributed by atoms with E-state index in [2.05, 4.69) is 17.1 Å². The number of halogens is 2. The van der Waals surface area contributed by atoms with Crippen molar-refractivity contribution in [2.45, 2.75) is 32.2 Å². The lowest BCUT2D eigenvalue weighted by Crippen LogP contribution is -2.45. The number of piperazine rings is 1. The molecule has 5 nitrogen and oxygen atoms in total. The molecule has 0 amide bonds. The van der Waals surface area contributed by atoms with Crippen molar-refractivity contribution in [1.29, 1.82) is 0 Å². The fraction of sp³-hybridized carbons (Fsp3) is 0.667. The van der Waals surface area contributed by atoms with Gasteiger partial charge in [0.15, 0.2) is 0 Å². The average molecular weight is 395 g/mol. The van der Waals surface area contributed by atoms with Crippen LogP contribution in [0.2, 0.25) is 0 Å². The Kier molecular flexibility index (Phi) is 12.0. The van der Waals surface area contributed by atoms with E-state index in [1.54, 1.807) is 21.3 Å². The maximum Gasteiger partial charge on any atom is 0.131 e. The molecule has 2 rings (SSSR count). The van der Waals surface area contributed by atoms with Crippen LogP contribution in [0.25, 0.3) is 0 Å². The van der Waals surface area contributed by atoms with E-state index < -0.39 is 0 Å². The van der Waals surface area contributed by atoms with Crippen LogP contribution in [0.3, 0.4) is 0 Å². The van der Waals surface area contributed by atoms with E-state index >= 15 is 0 Å². The van der Waals surface area contributed by atoms with Crippen molar-refractivity contribution in [3.05, 3.63) is 17.7 Å². The molecule has 1 aromatic rings. The highest BCUT2D eigenvalue weighted by Gasteiger charge is 2.28. The summed E-state index contributed by atoms with van der Waals surface area (Å²) in [7, 11) is 5.09. The Morgan fingerprint density at radius 1 is 1.00 bits per heavy atom. The van der Waals surface area contributed by atoms with Gasteiger partial charge in [-0.05, 0) is 6.42 Å². The highest BCUT2D eigenvalue weighted by atomic mass is 35.5. The average Bonchev–Trinajstić information content (AvgIpc) is 2.62. The van der Waals surface area contributed by atoms with Crippen molar-refractivity contribution in [3.8, 4) is 17.2 Å². The van der Waals surface area contributed by atoms with Gasteiger partial charge in [0.05, 0.1) is 26.9 Å². The molecule has 146 valence electrons. The number of nitrogens with one attached hydrogen (secondary N) is 1. The van der Waals surface area contributed by atoms with Gasteiger partial charge in [0.25, 0.3) is 0 Å². The summed E-state index contributed by atoms with van der Waals surface area (Å²) < 4.78 is 16.7. The van der Waals surface area contributed by atoms with Crippen LogP contribution in [0.5, 0.6) is 17.2 Å². The summed E-state index contributed by atoms with van der Waals surface area (Å²) in [6, 6.07) is 4.23. The topological polar surface area (TPSA) is 43.0 Å². The molecule has 0 aromatic heterocycles. The van der Waals surface area contributed by atoms with Gasteiger partial charge in [-0.1, -0.05) is 19.8 Å². The number of rotatable bonds is 8. The van der Waals surface area contributed by atoms with Crippen LogP contribution in [0, 0.1) is 0 Å². The first-order valence-corrected chi connectivity index (χ1v) is 8.49. The Morgan fingerprint density at radius 3 is 2.00 bits per heavy atom. The SMILES string of the molecule is CCCC[C@H](c1c(OC)cc(OC)cc1OC)N1CCNCC1.Cl.Cl. The monoisotopic (exact) mass is 394 g/mol. The first-order chi connectivity index (χ1) is 11.2. The molecule has 0 aliphatic carbocycles. The van der Waals surface area contributed by atoms with Crippen molar-refractivity contribution < 1.29 is 14.2 Å². The van der Waals surface area contributed by atoms with Gasteiger partial charge in [-0.3, -0.25) is 4.90 Å². The molecule has 0 bridgehead atoms. The minimum absolute atomic E-state index is 0. The maximum absolute atomic E-state index is 5.68. The van der Waals surface area contributed by atoms with Crippen molar-refractivity contribution in [2.75, 3.05) is 47.5 Å². The van der Waals surface area contributed by atoms with Gasteiger partial charge in [-0.2, -0.15) is 0 Å². The molecule has 0 spiro atoms. The minimum atomic E-state index is 0. The van der Waals surface area contributed by atoms with Crippen molar-refractivity contribution in [2.24, 2.45) is 0 Å². The van der Waals surface area contributed by atoms with Gasteiger partial charge in [-0.25, -0.2) is 0 Å². The van der Waals surface area contributed by atoms with Gasteiger partial charge in [-0.15, -0.1) is 24.8 Å². The Labute approximate surface area is 164 Å². The summed E-state index contributed by atoms with van der Waals surface area (Å²) in [4.78, 5) is 2.54. The van der Waals surface area contributed by atoms with Crippen LogP contribution in [0.1, 0.15) is 37.8 Å². The van der Waals surface area contributed by atoms with Crippen LogP contribution in [-0.2, 0) is 0 Å². The van der Waals surface area contributed by atoms with Crippen LogP contribution in [-0.4, -0.2) is 52.4 Å². The zero-order valence-electron chi connectivity index (χ0n) is 15.7. The van der Waals surface area contributed by atoms with E-state index in [-0.39, 0.29) is 24.8 Å². The molecule has 1 aromatic carbocycles. The Hall–Kier alpha value is -0.880. The molecule has 25 heavy (non-hydrogen) atoms. The number of benzene rings is 1. The Bertz CT molecular complexity index is 472. The fourth-order valence-electron chi connectivity index (χ4n) is 3.26. The quantitative estimate of drug-likeness (QED) is 0.727. The van der Waals surface area contributed by atoms with E-state index in [9.17, 15) is 0 Å². The lowest BCUT2D eigenvalue weighted by atomic mass is 9.96. The minimum Gasteiger partial charge on any atom is -0.496 e. The molecule has 7 heteroatoms. The van der Waals surface area contributed by atoms with Gasteiger partial charge in [0, 0.05) is 44.4 Å². The third-order valence-corrected chi connectivity index (χ3v) is 4.51. The molecular formula is C18H32Cl2N2O3. The number of ether oxygens (including phenoxy) is 3. The van der Waals surface area contributed by atoms with Crippen LogP contribution < -0.4 is 19.5 Å². The van der Waals surface area contributed by atoms with E-state index in [0.29, 0.717) is 6.04 Å². The highest BCUT2D eigenvalue weighted by Crippen LogP contribution is 2.42. The molecule has 0 radical (unpaired) electrons. The van der Waals surface area contributed by atoms with Crippen LogP contribution in [0.4, 0.5) is 0 Å². The predicted molar refractivity (Wildman–Crippen MR) is 107 cm³/mol. The second-order valence-corrected chi connectivity index (χ2v) is 5.89. The second-order valence-electron chi connectivity index (χ2n) is 5.89. The van der Waals surface area contributed by atoms with E-state index in [0.717, 1.165) is 55.4 Å². The van der Waals surface area contributed by atoms with Gasteiger partial charge >= 0.3 is 0 Å². The van der Waals surface area contributed by atoms with E-state index in [1.165, 1.54) is 12.8 Å². The van der Waals surface area contributed by atoms with Crippen molar-refractivity contribution >= 4 is 24.8 Å². The number of methoxy groups -OCH3 is 3. The lowest BCUT2D eigenvalue weighted by Gasteiger charge is -2.36. The fourth-order valence-corrected chi connectivity index (χ4v) is 3.26. The van der Waals surface area contributed by atoms with E-state index in [1.807, 2.05) is 12.1 Å². The van der Waals surface area contributed by atoms with Crippen molar-refractivity contribution in [3.63, 3.8) is 0 Å². The molecule has 1 atom stereocenters. The number of nitrogens with zero attached hydrogens (tertiary/aromatic N) is 1. The third-order valence-electron chi connectivity index (χ3n) is 4.51. The largest absolute Gasteiger partial charge is 0.496 e. The molecule has 0 unspecified atom stereocenters. The normalized spacial score (nSPS) is 15.5. The summed E-state index contributed by atoms with van der Waals surface area (Å²) in [6.07, 6.45) is 3.48. The van der Waals surface area contributed by atoms with Gasteiger partial charge < -0.3 is 19.5 Å². The lowest BCUT2D eigenvalue weighted by molar-refractivity contribution is 0.157. The summed E-state index contributed by atoms with van der Waals surface area (Å²) >= 11 is 0. The van der Waals surface area contributed by atoms with E-state index in [4.69, 9.17) is 14.2 Å². The molecule has 1 N–H and O–H groups in total. The highest BCUT2D eigenvalue weighted by molar-refractivity contribution is 5.85. The predicted octanol–water partition coefficient (Wildman–Crippen LogP) is 3.69. The molecule has 1 saturated heterocycles. The third kappa shape index (κ3) is 6.10. The first kappa shape index (κ1) is 24.1. The number of unbranched alkanes of at least 4 members (excludes halogenated alkanes) is 1. The Balaban J connectivity index is 0.00000288. The van der Waals surface area contributed by atoms with Crippen LogP contribution >= 0.6 is 24.8 Å². The van der Waals surface area contributed by atoms with Gasteiger partial charge in [0.2, 0.25) is 0 Å². The second kappa shape index (κ2) is 12.5. The molecule has 0 saturated carbocycles. The summed E-state index contributed by atoms with van der Waals surface area (Å²) in [6.45, 7) is 6.39. The maximum atomic E-state index is 5.68.